The summed E-state index contributed by atoms with van der Waals surface area (Å²) in [6, 6.07) is 5.80. The largest absolute Gasteiger partial charge is 0.399 e. The summed E-state index contributed by atoms with van der Waals surface area (Å²) >= 11 is 0. The first-order chi connectivity index (χ1) is 8.66. The number of nitrogen functional groups attached to an aromatic ring is 1. The van der Waals surface area contributed by atoms with Gasteiger partial charge >= 0.3 is 0 Å². The second-order valence-corrected chi connectivity index (χ2v) is 4.38. The van der Waals surface area contributed by atoms with Crippen molar-refractivity contribution in [2.24, 2.45) is 7.05 Å². The van der Waals surface area contributed by atoms with E-state index in [1.165, 1.54) is 0 Å². The molecule has 3 rings (SSSR count). The van der Waals surface area contributed by atoms with Gasteiger partial charge in [0, 0.05) is 12.7 Å². The monoisotopic (exact) mass is 242 g/mol. The lowest BCUT2D eigenvalue weighted by Crippen LogP contribution is -2.11. The number of fused-ring (bicyclic) bond motifs is 1. The quantitative estimate of drug-likeness (QED) is 0.688. The topological polar surface area (TPSA) is 74.5 Å². The van der Waals surface area contributed by atoms with E-state index in [0.29, 0.717) is 0 Å². The van der Waals surface area contributed by atoms with Crippen LogP contribution in [0.15, 0.2) is 30.9 Å². The van der Waals surface area contributed by atoms with E-state index in [1.807, 2.05) is 36.1 Å². The Bertz CT molecular complexity index is 695. The molecule has 0 aliphatic carbocycles. The zero-order valence-corrected chi connectivity index (χ0v) is 10.3. The zero-order chi connectivity index (χ0) is 12.7. The zero-order valence-electron chi connectivity index (χ0n) is 10.3. The van der Waals surface area contributed by atoms with Crippen molar-refractivity contribution < 1.29 is 0 Å². The summed E-state index contributed by atoms with van der Waals surface area (Å²) in [4.78, 5) is 4.37. The molecule has 0 saturated heterocycles. The predicted molar refractivity (Wildman–Crippen MR) is 69.0 cm³/mol. The maximum atomic E-state index is 5.75. The van der Waals surface area contributed by atoms with Gasteiger partial charge in [-0.05, 0) is 25.1 Å². The van der Waals surface area contributed by atoms with Crippen LogP contribution in [0.4, 0.5) is 5.69 Å². The Labute approximate surface area is 104 Å². The average Bonchev–Trinajstić information content (AvgIpc) is 2.94. The fraction of sp³-hybridized carbons (Fsp3) is 0.250. The first kappa shape index (κ1) is 10.8. The summed E-state index contributed by atoms with van der Waals surface area (Å²) < 4.78 is 3.98. The number of hydrogen-bond donors (Lipinski definition) is 1. The Morgan fingerprint density at radius 3 is 2.83 bits per heavy atom. The summed E-state index contributed by atoms with van der Waals surface area (Å²) in [6.07, 6.45) is 3.51. The molecule has 1 atom stereocenters. The summed E-state index contributed by atoms with van der Waals surface area (Å²) in [5, 5.41) is 8.04. The molecule has 0 bridgehead atoms. The van der Waals surface area contributed by atoms with E-state index >= 15 is 0 Å². The van der Waals surface area contributed by atoms with Crippen LogP contribution in [0.3, 0.4) is 0 Å². The SMILES string of the molecule is CC(c1nncn1C)n1cnc2cc(N)ccc21. The Kier molecular flexibility index (Phi) is 2.29. The molecule has 0 radical (unpaired) electrons. The first-order valence-corrected chi connectivity index (χ1v) is 5.73. The number of hydrogen-bond acceptors (Lipinski definition) is 4. The van der Waals surface area contributed by atoms with Crippen LogP contribution in [0.1, 0.15) is 18.8 Å². The molecule has 2 N–H and O–H groups in total. The van der Waals surface area contributed by atoms with Gasteiger partial charge in [-0.15, -0.1) is 10.2 Å². The number of nitrogens with zero attached hydrogens (tertiary/aromatic N) is 5. The predicted octanol–water partition coefficient (Wildman–Crippen LogP) is 1.36. The van der Waals surface area contributed by atoms with Crippen molar-refractivity contribution in [1.29, 1.82) is 0 Å². The van der Waals surface area contributed by atoms with Crippen LogP contribution in [0.25, 0.3) is 11.0 Å². The van der Waals surface area contributed by atoms with Gasteiger partial charge < -0.3 is 14.9 Å². The van der Waals surface area contributed by atoms with Gasteiger partial charge in [-0.3, -0.25) is 0 Å². The number of imidazole rings is 1. The molecule has 1 unspecified atom stereocenters. The van der Waals surface area contributed by atoms with Crippen LogP contribution in [0, 0.1) is 0 Å². The van der Waals surface area contributed by atoms with Crippen molar-refractivity contribution in [1.82, 2.24) is 24.3 Å². The van der Waals surface area contributed by atoms with Gasteiger partial charge in [-0.25, -0.2) is 4.98 Å². The second kappa shape index (κ2) is 3.83. The summed E-state index contributed by atoms with van der Waals surface area (Å²) in [6.45, 7) is 2.07. The Hall–Kier alpha value is -2.37. The number of benzene rings is 1. The van der Waals surface area contributed by atoms with Crippen LogP contribution in [0.5, 0.6) is 0 Å². The summed E-state index contributed by atoms with van der Waals surface area (Å²) in [7, 11) is 1.93. The highest BCUT2D eigenvalue weighted by Crippen LogP contribution is 2.22. The number of aryl methyl sites for hydroxylation is 1. The van der Waals surface area contributed by atoms with Crippen LogP contribution >= 0.6 is 0 Å². The van der Waals surface area contributed by atoms with E-state index in [1.54, 1.807) is 6.33 Å². The fourth-order valence-corrected chi connectivity index (χ4v) is 2.15. The minimum Gasteiger partial charge on any atom is -0.399 e. The number of anilines is 1. The van der Waals surface area contributed by atoms with Gasteiger partial charge in [-0.1, -0.05) is 0 Å². The highest BCUT2D eigenvalue weighted by atomic mass is 15.3. The van der Waals surface area contributed by atoms with E-state index in [2.05, 4.69) is 26.7 Å². The maximum absolute atomic E-state index is 5.75. The van der Waals surface area contributed by atoms with Crippen molar-refractivity contribution in [2.45, 2.75) is 13.0 Å². The minimum atomic E-state index is 0.0751. The van der Waals surface area contributed by atoms with Crippen LogP contribution in [-0.2, 0) is 7.05 Å². The van der Waals surface area contributed by atoms with E-state index in [9.17, 15) is 0 Å². The third kappa shape index (κ3) is 1.54. The molecule has 0 spiro atoms. The Balaban J connectivity index is 2.12. The lowest BCUT2D eigenvalue weighted by atomic mass is 10.2. The molecule has 6 heteroatoms. The average molecular weight is 242 g/mol. The maximum Gasteiger partial charge on any atom is 0.155 e. The van der Waals surface area contributed by atoms with Crippen molar-refractivity contribution in [3.8, 4) is 0 Å². The van der Waals surface area contributed by atoms with Crippen molar-refractivity contribution >= 4 is 16.7 Å². The smallest absolute Gasteiger partial charge is 0.155 e. The lowest BCUT2D eigenvalue weighted by Gasteiger charge is -2.13. The van der Waals surface area contributed by atoms with Crippen LogP contribution in [0.2, 0.25) is 0 Å². The third-order valence-corrected chi connectivity index (χ3v) is 3.14. The van der Waals surface area contributed by atoms with E-state index < -0.39 is 0 Å². The molecule has 1 aromatic carbocycles. The third-order valence-electron chi connectivity index (χ3n) is 3.14. The molecule has 2 aromatic heterocycles. The Morgan fingerprint density at radius 1 is 1.28 bits per heavy atom. The van der Waals surface area contributed by atoms with Crippen LogP contribution < -0.4 is 5.73 Å². The summed E-state index contributed by atoms with van der Waals surface area (Å²) in [5.41, 5.74) is 8.41. The highest BCUT2D eigenvalue weighted by molar-refractivity contribution is 5.79. The van der Waals surface area contributed by atoms with Gasteiger partial charge in [0.2, 0.25) is 0 Å². The van der Waals surface area contributed by atoms with Crippen molar-refractivity contribution in [3.63, 3.8) is 0 Å². The van der Waals surface area contributed by atoms with Crippen molar-refractivity contribution in [3.05, 3.63) is 36.7 Å². The first-order valence-electron chi connectivity index (χ1n) is 5.73. The lowest BCUT2D eigenvalue weighted by molar-refractivity contribution is 0.587. The molecule has 0 fully saturated rings. The fourth-order valence-electron chi connectivity index (χ4n) is 2.15. The van der Waals surface area contributed by atoms with Gasteiger partial charge in [0.15, 0.2) is 5.82 Å². The van der Waals surface area contributed by atoms with Gasteiger partial charge in [0.05, 0.1) is 23.4 Å². The van der Waals surface area contributed by atoms with Crippen molar-refractivity contribution in [2.75, 3.05) is 5.73 Å². The molecule has 0 aliphatic rings. The highest BCUT2D eigenvalue weighted by Gasteiger charge is 2.15. The van der Waals surface area contributed by atoms with E-state index in [-0.39, 0.29) is 6.04 Å². The van der Waals surface area contributed by atoms with Gasteiger partial charge in [-0.2, -0.15) is 0 Å². The molecule has 3 aromatic rings. The Morgan fingerprint density at radius 2 is 2.11 bits per heavy atom. The molecule has 92 valence electrons. The second-order valence-electron chi connectivity index (χ2n) is 4.38. The molecular weight excluding hydrogens is 228 g/mol. The van der Waals surface area contributed by atoms with E-state index in [4.69, 9.17) is 5.73 Å². The van der Waals surface area contributed by atoms with E-state index in [0.717, 1.165) is 22.5 Å². The molecule has 18 heavy (non-hydrogen) atoms. The number of aromatic nitrogens is 5. The minimum absolute atomic E-state index is 0.0751. The molecular formula is C12H14N6. The van der Waals surface area contributed by atoms with Gasteiger partial charge in [0.1, 0.15) is 6.33 Å². The van der Waals surface area contributed by atoms with Crippen LogP contribution in [-0.4, -0.2) is 24.3 Å². The number of rotatable bonds is 2. The molecule has 2 heterocycles. The standard InChI is InChI=1S/C12H14N6/c1-8(12-16-15-7-17(12)2)18-6-14-10-5-9(13)3-4-11(10)18/h3-8H,13H2,1-2H3. The summed E-state index contributed by atoms with van der Waals surface area (Å²) in [5.74, 6) is 0.895. The number of nitrogens with two attached hydrogens (primary N) is 1. The molecule has 0 aliphatic heterocycles. The molecule has 0 amide bonds. The normalized spacial score (nSPS) is 13.0. The molecule has 6 nitrogen and oxygen atoms in total. The molecule has 0 saturated carbocycles. The van der Waals surface area contributed by atoms with Gasteiger partial charge in [0.25, 0.3) is 0 Å².